The Kier molecular flexibility index (Phi) is 2.91. The smallest absolute Gasteiger partial charge is 0.127 e. The summed E-state index contributed by atoms with van der Waals surface area (Å²) in [5.41, 5.74) is 3.69. The van der Waals surface area contributed by atoms with E-state index in [4.69, 9.17) is 0 Å². The fourth-order valence-corrected chi connectivity index (χ4v) is 2.09. The van der Waals surface area contributed by atoms with Gasteiger partial charge in [0.25, 0.3) is 0 Å². The van der Waals surface area contributed by atoms with Crippen LogP contribution in [-0.4, -0.2) is 15.3 Å². The molecule has 0 amide bonds. The highest BCUT2D eigenvalue weighted by Gasteiger charge is 2.16. The summed E-state index contributed by atoms with van der Waals surface area (Å²) in [5.74, 6) is 0.164. The first-order chi connectivity index (χ1) is 8.43. The van der Waals surface area contributed by atoms with E-state index in [0.717, 1.165) is 16.7 Å². The summed E-state index contributed by atoms with van der Waals surface area (Å²) >= 11 is 0. The van der Waals surface area contributed by atoms with E-state index in [-0.39, 0.29) is 17.2 Å². The van der Waals surface area contributed by atoms with E-state index in [1.165, 1.54) is 12.1 Å². The molecule has 0 aliphatic rings. The summed E-state index contributed by atoms with van der Waals surface area (Å²) in [5, 5.41) is 29.6. The predicted molar refractivity (Wildman–Crippen MR) is 71.1 cm³/mol. The average Bonchev–Trinajstić information content (AvgIpc) is 2.32. The fraction of sp³-hybridized carbons (Fsp3) is 0.200. The standard InChI is InChI=1S/C15H16O3/c1-8-9(2)11(7-14(18)10(8)3)15-12(16)5-4-6-13(15)17/h4-7,16-18H,1-3H3. The Morgan fingerprint density at radius 3 is 1.83 bits per heavy atom. The van der Waals surface area contributed by atoms with Gasteiger partial charge < -0.3 is 15.3 Å². The summed E-state index contributed by atoms with van der Waals surface area (Å²) in [6.07, 6.45) is 0. The summed E-state index contributed by atoms with van der Waals surface area (Å²) < 4.78 is 0. The van der Waals surface area contributed by atoms with Crippen molar-refractivity contribution in [2.75, 3.05) is 0 Å². The molecule has 3 nitrogen and oxygen atoms in total. The molecule has 0 radical (unpaired) electrons. The van der Waals surface area contributed by atoms with E-state index in [9.17, 15) is 15.3 Å². The van der Waals surface area contributed by atoms with Gasteiger partial charge in [0, 0.05) is 0 Å². The van der Waals surface area contributed by atoms with Crippen LogP contribution in [0.3, 0.4) is 0 Å². The zero-order chi connectivity index (χ0) is 13.4. The second-order valence-corrected chi connectivity index (χ2v) is 4.49. The first-order valence-electron chi connectivity index (χ1n) is 5.74. The van der Waals surface area contributed by atoms with E-state index < -0.39 is 0 Å². The largest absolute Gasteiger partial charge is 0.508 e. The highest BCUT2D eigenvalue weighted by molar-refractivity contribution is 5.80. The Morgan fingerprint density at radius 2 is 1.28 bits per heavy atom. The highest BCUT2D eigenvalue weighted by atomic mass is 16.3. The highest BCUT2D eigenvalue weighted by Crippen LogP contribution is 2.41. The van der Waals surface area contributed by atoms with Crippen molar-refractivity contribution < 1.29 is 15.3 Å². The van der Waals surface area contributed by atoms with Crippen LogP contribution < -0.4 is 0 Å². The third kappa shape index (κ3) is 1.78. The minimum atomic E-state index is 0.000697. The van der Waals surface area contributed by atoms with E-state index >= 15 is 0 Å². The Labute approximate surface area is 106 Å². The molecule has 0 aliphatic heterocycles. The van der Waals surface area contributed by atoms with Crippen LogP contribution in [0.5, 0.6) is 17.2 Å². The summed E-state index contributed by atoms with van der Waals surface area (Å²) in [6, 6.07) is 6.18. The first-order valence-corrected chi connectivity index (χ1v) is 5.74. The van der Waals surface area contributed by atoms with Crippen molar-refractivity contribution in [2.45, 2.75) is 20.8 Å². The predicted octanol–water partition coefficient (Wildman–Crippen LogP) is 3.40. The molecule has 0 aromatic heterocycles. The van der Waals surface area contributed by atoms with Gasteiger partial charge in [-0.25, -0.2) is 0 Å². The molecule has 2 rings (SSSR count). The van der Waals surface area contributed by atoms with Gasteiger partial charge in [0.2, 0.25) is 0 Å². The van der Waals surface area contributed by atoms with Crippen molar-refractivity contribution in [3.63, 3.8) is 0 Å². The Hall–Kier alpha value is -2.16. The number of benzene rings is 2. The molecule has 0 bridgehead atoms. The Morgan fingerprint density at radius 1 is 0.722 bits per heavy atom. The van der Waals surface area contributed by atoms with E-state index in [1.54, 1.807) is 12.1 Å². The lowest BCUT2D eigenvalue weighted by molar-refractivity contribution is 0.453. The minimum absolute atomic E-state index is 0.000697. The molecule has 0 aliphatic carbocycles. The maximum Gasteiger partial charge on any atom is 0.127 e. The first kappa shape index (κ1) is 12.3. The van der Waals surface area contributed by atoms with Gasteiger partial charge >= 0.3 is 0 Å². The number of phenols is 3. The van der Waals surface area contributed by atoms with E-state index in [0.29, 0.717) is 11.1 Å². The molecular formula is C15H16O3. The van der Waals surface area contributed by atoms with Crippen LogP contribution in [0.1, 0.15) is 16.7 Å². The average molecular weight is 244 g/mol. The zero-order valence-electron chi connectivity index (χ0n) is 10.7. The molecule has 3 heteroatoms. The van der Waals surface area contributed by atoms with Crippen LogP contribution >= 0.6 is 0 Å². The van der Waals surface area contributed by atoms with Gasteiger partial charge in [-0.2, -0.15) is 0 Å². The molecule has 94 valence electrons. The Balaban J connectivity index is 2.80. The molecule has 18 heavy (non-hydrogen) atoms. The van der Waals surface area contributed by atoms with Crippen LogP contribution in [0.2, 0.25) is 0 Å². The van der Waals surface area contributed by atoms with Crippen molar-refractivity contribution >= 4 is 0 Å². The summed E-state index contributed by atoms with van der Waals surface area (Å²) in [6.45, 7) is 5.65. The molecule has 0 unspecified atom stereocenters. The van der Waals surface area contributed by atoms with Gasteiger partial charge in [0.05, 0.1) is 5.56 Å². The normalized spacial score (nSPS) is 10.6. The molecule has 2 aromatic rings. The SMILES string of the molecule is Cc1c(O)cc(-c2c(O)cccc2O)c(C)c1C. The molecule has 3 N–H and O–H groups in total. The van der Waals surface area contributed by atoms with Gasteiger partial charge in [0.1, 0.15) is 17.2 Å². The summed E-state index contributed by atoms with van der Waals surface area (Å²) in [4.78, 5) is 0. The van der Waals surface area contributed by atoms with Crippen molar-refractivity contribution in [3.05, 3.63) is 41.0 Å². The van der Waals surface area contributed by atoms with Crippen molar-refractivity contribution in [2.24, 2.45) is 0 Å². The monoisotopic (exact) mass is 244 g/mol. The summed E-state index contributed by atoms with van der Waals surface area (Å²) in [7, 11) is 0. The maximum atomic E-state index is 9.89. The van der Waals surface area contributed by atoms with Gasteiger partial charge in [-0.3, -0.25) is 0 Å². The van der Waals surface area contributed by atoms with Crippen LogP contribution in [0.15, 0.2) is 24.3 Å². The third-order valence-electron chi connectivity index (χ3n) is 3.48. The molecule has 0 spiro atoms. The molecule has 0 fully saturated rings. The fourth-order valence-electron chi connectivity index (χ4n) is 2.09. The quantitative estimate of drug-likeness (QED) is 0.720. The molecule has 0 saturated heterocycles. The lowest BCUT2D eigenvalue weighted by atomic mass is 9.92. The van der Waals surface area contributed by atoms with E-state index in [1.807, 2.05) is 20.8 Å². The van der Waals surface area contributed by atoms with Crippen molar-refractivity contribution in [3.8, 4) is 28.4 Å². The van der Waals surface area contributed by atoms with Crippen LogP contribution in [-0.2, 0) is 0 Å². The van der Waals surface area contributed by atoms with Gasteiger partial charge in [-0.15, -0.1) is 0 Å². The molecular weight excluding hydrogens is 228 g/mol. The van der Waals surface area contributed by atoms with Gasteiger partial charge in [-0.05, 0) is 61.2 Å². The number of phenolic OH excluding ortho intramolecular Hbond substituents is 3. The zero-order valence-corrected chi connectivity index (χ0v) is 10.7. The van der Waals surface area contributed by atoms with Crippen LogP contribution in [0.25, 0.3) is 11.1 Å². The molecule has 2 aromatic carbocycles. The second-order valence-electron chi connectivity index (χ2n) is 4.49. The van der Waals surface area contributed by atoms with Crippen molar-refractivity contribution in [1.82, 2.24) is 0 Å². The minimum Gasteiger partial charge on any atom is -0.508 e. The number of rotatable bonds is 1. The number of aromatic hydroxyl groups is 3. The van der Waals surface area contributed by atoms with E-state index in [2.05, 4.69) is 0 Å². The Bertz CT molecular complexity index is 595. The third-order valence-corrected chi connectivity index (χ3v) is 3.48. The van der Waals surface area contributed by atoms with Crippen molar-refractivity contribution in [1.29, 1.82) is 0 Å². The molecule has 0 saturated carbocycles. The maximum absolute atomic E-state index is 9.89. The number of hydrogen-bond donors (Lipinski definition) is 3. The van der Waals surface area contributed by atoms with Crippen LogP contribution in [0, 0.1) is 20.8 Å². The van der Waals surface area contributed by atoms with Gasteiger partial charge in [-0.1, -0.05) is 6.07 Å². The number of hydrogen-bond acceptors (Lipinski definition) is 3. The topological polar surface area (TPSA) is 60.7 Å². The molecule has 0 atom stereocenters. The molecule has 0 heterocycles. The second kappa shape index (κ2) is 4.26. The van der Waals surface area contributed by atoms with Crippen LogP contribution in [0.4, 0.5) is 0 Å². The van der Waals surface area contributed by atoms with Gasteiger partial charge in [0.15, 0.2) is 0 Å². The lowest BCUT2D eigenvalue weighted by Crippen LogP contribution is -1.92. The lowest BCUT2D eigenvalue weighted by Gasteiger charge is -2.15.